The molecule has 1 N–H and O–H groups in total. The molecule has 0 saturated heterocycles. The van der Waals surface area contributed by atoms with Crippen LogP contribution in [0.1, 0.15) is 24.1 Å². The lowest BCUT2D eigenvalue weighted by molar-refractivity contribution is -0.144. The van der Waals surface area contributed by atoms with Crippen molar-refractivity contribution in [2.75, 3.05) is 6.61 Å². The molecular formula is C19H18FNO3. The number of esters is 1. The van der Waals surface area contributed by atoms with Crippen molar-refractivity contribution >= 4 is 18.0 Å². The predicted molar refractivity (Wildman–Crippen MR) is 89.4 cm³/mol. The minimum atomic E-state index is -0.637. The van der Waals surface area contributed by atoms with Crippen molar-refractivity contribution in [3.63, 3.8) is 0 Å². The first-order chi connectivity index (χ1) is 11.5. The molecule has 0 heterocycles. The number of amides is 1. The van der Waals surface area contributed by atoms with E-state index in [1.165, 1.54) is 36.4 Å². The van der Waals surface area contributed by atoms with E-state index in [2.05, 4.69) is 5.32 Å². The Bertz CT molecular complexity index is 711. The summed E-state index contributed by atoms with van der Waals surface area (Å²) >= 11 is 0. The van der Waals surface area contributed by atoms with Crippen LogP contribution in [-0.2, 0) is 14.3 Å². The third-order valence-corrected chi connectivity index (χ3v) is 3.30. The Kier molecular flexibility index (Phi) is 6.25. The number of halogens is 1. The van der Waals surface area contributed by atoms with Crippen molar-refractivity contribution in [3.05, 3.63) is 77.6 Å². The van der Waals surface area contributed by atoms with Gasteiger partial charge in [0, 0.05) is 6.08 Å². The number of carbonyl (C=O) groups is 2. The van der Waals surface area contributed by atoms with Gasteiger partial charge in [0.2, 0.25) is 0 Å². The van der Waals surface area contributed by atoms with E-state index in [0.29, 0.717) is 5.56 Å². The second kappa shape index (κ2) is 8.62. The molecule has 0 saturated carbocycles. The van der Waals surface area contributed by atoms with Gasteiger partial charge in [-0.1, -0.05) is 42.5 Å². The monoisotopic (exact) mass is 327 g/mol. The molecule has 0 bridgehead atoms. The molecule has 0 aliphatic carbocycles. The molecule has 0 unspecified atom stereocenters. The number of benzene rings is 2. The van der Waals surface area contributed by atoms with E-state index in [9.17, 15) is 14.0 Å². The van der Waals surface area contributed by atoms with E-state index in [4.69, 9.17) is 4.74 Å². The van der Waals surface area contributed by atoms with E-state index in [0.717, 1.165) is 5.56 Å². The second-order valence-electron chi connectivity index (χ2n) is 5.19. The first kappa shape index (κ1) is 17.4. The van der Waals surface area contributed by atoms with Crippen LogP contribution in [0.2, 0.25) is 0 Å². The van der Waals surface area contributed by atoms with Crippen molar-refractivity contribution < 1.29 is 18.7 Å². The quantitative estimate of drug-likeness (QED) is 0.654. The summed E-state index contributed by atoms with van der Waals surface area (Å²) in [5.74, 6) is -1.37. The molecule has 0 aliphatic rings. The highest BCUT2D eigenvalue weighted by Crippen LogP contribution is 2.10. The van der Waals surface area contributed by atoms with E-state index in [1.54, 1.807) is 0 Å². The maximum atomic E-state index is 12.8. The lowest BCUT2D eigenvalue weighted by Crippen LogP contribution is -2.30. The van der Waals surface area contributed by atoms with Gasteiger partial charge >= 0.3 is 5.97 Å². The zero-order valence-electron chi connectivity index (χ0n) is 13.2. The lowest BCUT2D eigenvalue weighted by Gasteiger charge is -2.13. The highest BCUT2D eigenvalue weighted by molar-refractivity contribution is 5.89. The number of carbonyl (C=O) groups excluding carboxylic acids is 2. The van der Waals surface area contributed by atoms with Gasteiger partial charge in [0.25, 0.3) is 5.91 Å². The molecule has 4 nitrogen and oxygen atoms in total. The summed E-state index contributed by atoms with van der Waals surface area (Å²) in [6.45, 7) is 1.49. The Morgan fingerprint density at radius 1 is 1.12 bits per heavy atom. The van der Waals surface area contributed by atoms with Crippen LogP contribution in [0.4, 0.5) is 4.39 Å². The molecule has 2 aromatic rings. The van der Waals surface area contributed by atoms with Crippen molar-refractivity contribution in [2.24, 2.45) is 0 Å². The van der Waals surface area contributed by atoms with Crippen LogP contribution in [0, 0.1) is 5.82 Å². The molecule has 24 heavy (non-hydrogen) atoms. The molecule has 2 rings (SSSR count). The lowest BCUT2D eigenvalue weighted by atomic mass is 10.1. The number of rotatable bonds is 6. The van der Waals surface area contributed by atoms with Crippen molar-refractivity contribution in [1.82, 2.24) is 5.32 Å². The van der Waals surface area contributed by atoms with Gasteiger partial charge < -0.3 is 10.1 Å². The van der Waals surface area contributed by atoms with Crippen LogP contribution >= 0.6 is 0 Å². The predicted octanol–water partition coefficient (Wildman–Crippen LogP) is 3.26. The summed E-state index contributed by atoms with van der Waals surface area (Å²) in [6.07, 6.45) is 2.69. The Morgan fingerprint density at radius 2 is 1.79 bits per heavy atom. The van der Waals surface area contributed by atoms with Crippen LogP contribution in [0.15, 0.2) is 60.7 Å². The first-order valence-electron chi connectivity index (χ1n) is 7.49. The summed E-state index contributed by atoms with van der Waals surface area (Å²) in [7, 11) is 0. The van der Waals surface area contributed by atoms with E-state index in [1.807, 2.05) is 37.3 Å². The Hall–Kier alpha value is -2.95. The maximum absolute atomic E-state index is 12.8. The van der Waals surface area contributed by atoms with Crippen molar-refractivity contribution in [2.45, 2.75) is 13.0 Å². The van der Waals surface area contributed by atoms with Crippen LogP contribution < -0.4 is 5.32 Å². The first-order valence-corrected chi connectivity index (χ1v) is 7.49. The highest BCUT2D eigenvalue weighted by atomic mass is 19.1. The maximum Gasteiger partial charge on any atom is 0.331 e. The number of hydrogen-bond donors (Lipinski definition) is 1. The largest absolute Gasteiger partial charge is 0.452 e. The third kappa shape index (κ3) is 5.68. The average Bonchev–Trinajstić information content (AvgIpc) is 2.60. The van der Waals surface area contributed by atoms with Crippen molar-refractivity contribution in [3.8, 4) is 0 Å². The van der Waals surface area contributed by atoms with Gasteiger partial charge in [-0.25, -0.2) is 9.18 Å². The molecule has 0 aliphatic heterocycles. The highest BCUT2D eigenvalue weighted by Gasteiger charge is 2.10. The second-order valence-corrected chi connectivity index (χ2v) is 5.19. The topological polar surface area (TPSA) is 55.4 Å². The van der Waals surface area contributed by atoms with Gasteiger partial charge in [-0.05, 0) is 36.3 Å². The van der Waals surface area contributed by atoms with Crippen LogP contribution in [0.25, 0.3) is 6.08 Å². The van der Waals surface area contributed by atoms with Crippen LogP contribution in [0.3, 0.4) is 0 Å². The Balaban J connectivity index is 1.76. The van der Waals surface area contributed by atoms with Gasteiger partial charge in [-0.2, -0.15) is 0 Å². The fourth-order valence-corrected chi connectivity index (χ4v) is 2.03. The average molecular weight is 327 g/mol. The molecule has 0 aromatic heterocycles. The van der Waals surface area contributed by atoms with E-state index in [-0.39, 0.29) is 24.4 Å². The van der Waals surface area contributed by atoms with Crippen molar-refractivity contribution in [1.29, 1.82) is 0 Å². The van der Waals surface area contributed by atoms with E-state index < -0.39 is 5.97 Å². The van der Waals surface area contributed by atoms with E-state index >= 15 is 0 Å². The zero-order chi connectivity index (χ0) is 17.4. The molecule has 0 radical (unpaired) electrons. The number of ether oxygens (including phenoxy) is 1. The molecule has 5 heteroatoms. The minimum Gasteiger partial charge on any atom is -0.452 e. The summed E-state index contributed by atoms with van der Waals surface area (Å²) in [6, 6.07) is 15.0. The normalized spacial score (nSPS) is 11.9. The Morgan fingerprint density at radius 3 is 2.46 bits per heavy atom. The summed E-state index contributed by atoms with van der Waals surface area (Å²) in [5.41, 5.74) is 1.63. The molecule has 1 amide bonds. The standard InChI is InChI=1S/C19H18FNO3/c1-14(16-5-3-2-4-6-16)21-18(22)13-24-19(23)12-9-15-7-10-17(20)11-8-15/h2-12,14H,13H2,1H3,(H,21,22)/b12-9+/t14-/m1/s1. The SMILES string of the molecule is C[C@@H](NC(=O)COC(=O)/C=C/c1ccc(F)cc1)c1ccccc1. The van der Waals surface area contributed by atoms with Gasteiger partial charge in [-0.15, -0.1) is 0 Å². The van der Waals surface area contributed by atoms with Gasteiger partial charge in [-0.3, -0.25) is 4.79 Å². The van der Waals surface area contributed by atoms with Gasteiger partial charge in [0.15, 0.2) is 6.61 Å². The molecule has 2 aromatic carbocycles. The van der Waals surface area contributed by atoms with Crippen LogP contribution in [-0.4, -0.2) is 18.5 Å². The fraction of sp³-hybridized carbons (Fsp3) is 0.158. The molecule has 0 spiro atoms. The molecule has 124 valence electrons. The smallest absolute Gasteiger partial charge is 0.331 e. The minimum absolute atomic E-state index is 0.174. The van der Waals surface area contributed by atoms with Gasteiger partial charge in [0.1, 0.15) is 5.82 Å². The van der Waals surface area contributed by atoms with Crippen LogP contribution in [0.5, 0.6) is 0 Å². The molecule has 1 atom stereocenters. The molecular weight excluding hydrogens is 309 g/mol. The summed E-state index contributed by atoms with van der Waals surface area (Å²) < 4.78 is 17.6. The number of hydrogen-bond acceptors (Lipinski definition) is 3. The molecule has 0 fully saturated rings. The fourth-order valence-electron chi connectivity index (χ4n) is 2.03. The third-order valence-electron chi connectivity index (χ3n) is 3.30. The summed E-state index contributed by atoms with van der Waals surface area (Å²) in [4.78, 5) is 23.4. The van der Waals surface area contributed by atoms with Gasteiger partial charge in [0.05, 0.1) is 6.04 Å². The number of nitrogens with one attached hydrogen (secondary N) is 1. The summed E-state index contributed by atoms with van der Waals surface area (Å²) in [5, 5.41) is 2.75. The zero-order valence-corrected chi connectivity index (χ0v) is 13.2. The Labute approximate surface area is 140 Å².